The van der Waals surface area contributed by atoms with Crippen LogP contribution in [0.5, 0.6) is 17.2 Å². The topological polar surface area (TPSA) is 56.7 Å². The normalized spacial score (nSPS) is 10.2. The summed E-state index contributed by atoms with van der Waals surface area (Å²) in [6, 6.07) is 3.72. The molecule has 0 aliphatic heterocycles. The highest BCUT2D eigenvalue weighted by atomic mass is 32.1. The Bertz CT molecular complexity index is 599. The van der Waals surface area contributed by atoms with Gasteiger partial charge >= 0.3 is 0 Å². The third-order valence-corrected chi connectivity index (χ3v) is 3.49. The second kappa shape index (κ2) is 5.96. The first kappa shape index (κ1) is 14.4. The van der Waals surface area contributed by atoms with Crippen LogP contribution in [0.25, 0.3) is 10.6 Å². The van der Waals surface area contributed by atoms with Gasteiger partial charge in [-0.3, -0.25) is 0 Å². The molecule has 0 atom stereocenters. The number of benzene rings is 1. The van der Waals surface area contributed by atoms with E-state index in [0.717, 1.165) is 10.6 Å². The molecule has 2 aromatic rings. The fraction of sp³-hybridized carbons (Fsp3) is 0.385. The van der Waals surface area contributed by atoms with Crippen LogP contribution in [0.2, 0.25) is 0 Å². The van der Waals surface area contributed by atoms with Crippen molar-refractivity contribution in [1.29, 1.82) is 0 Å². The number of aromatic nitrogens is 2. The van der Waals surface area contributed by atoms with Crippen LogP contribution in [0, 0.1) is 0 Å². The quantitative estimate of drug-likeness (QED) is 0.843. The van der Waals surface area contributed by atoms with Crippen molar-refractivity contribution in [1.82, 2.24) is 9.36 Å². The molecule has 20 heavy (non-hydrogen) atoms. The number of nitrogens with zero attached hydrogens (tertiary/aromatic N) is 3. The Balaban J connectivity index is 2.55. The largest absolute Gasteiger partial charge is 0.493 e. The van der Waals surface area contributed by atoms with Gasteiger partial charge in [-0.25, -0.2) is 0 Å². The third kappa shape index (κ3) is 2.49. The van der Waals surface area contributed by atoms with Gasteiger partial charge < -0.3 is 19.1 Å². The van der Waals surface area contributed by atoms with Crippen molar-refractivity contribution in [3.8, 4) is 27.8 Å². The molecule has 0 N–H and O–H groups in total. The minimum absolute atomic E-state index is 0.550. The Labute approximate surface area is 122 Å². The van der Waals surface area contributed by atoms with Gasteiger partial charge in [0, 0.05) is 14.1 Å². The highest BCUT2D eigenvalue weighted by molar-refractivity contribution is 7.09. The maximum Gasteiger partial charge on any atom is 0.237 e. The average Bonchev–Trinajstić information content (AvgIpc) is 2.95. The second-order valence-corrected chi connectivity index (χ2v) is 4.93. The highest BCUT2D eigenvalue weighted by Crippen LogP contribution is 2.44. The minimum Gasteiger partial charge on any atom is -0.493 e. The van der Waals surface area contributed by atoms with Gasteiger partial charge in [0.15, 0.2) is 11.5 Å². The lowest BCUT2D eigenvalue weighted by molar-refractivity contribution is 0.325. The van der Waals surface area contributed by atoms with Gasteiger partial charge in [0.05, 0.1) is 26.9 Å². The lowest BCUT2D eigenvalue weighted by Crippen LogP contribution is -2.10. The van der Waals surface area contributed by atoms with Crippen molar-refractivity contribution in [3.05, 3.63) is 12.1 Å². The Hall–Kier alpha value is -2.02. The Kier molecular flexibility index (Phi) is 4.29. The first-order valence-corrected chi connectivity index (χ1v) is 6.70. The molecule has 0 bridgehead atoms. The van der Waals surface area contributed by atoms with Crippen LogP contribution < -0.4 is 19.1 Å². The Morgan fingerprint density at radius 3 is 2.20 bits per heavy atom. The molecule has 7 heteroatoms. The van der Waals surface area contributed by atoms with Crippen molar-refractivity contribution in [2.75, 3.05) is 40.3 Å². The van der Waals surface area contributed by atoms with Gasteiger partial charge in [-0.05, 0) is 23.7 Å². The number of methoxy groups -OCH3 is 3. The van der Waals surface area contributed by atoms with Crippen molar-refractivity contribution in [3.63, 3.8) is 0 Å². The summed E-state index contributed by atoms with van der Waals surface area (Å²) in [4.78, 5) is 6.33. The van der Waals surface area contributed by atoms with Crippen LogP contribution in [-0.4, -0.2) is 44.8 Å². The van der Waals surface area contributed by atoms with Crippen molar-refractivity contribution >= 4 is 17.5 Å². The molecular weight excluding hydrogens is 278 g/mol. The van der Waals surface area contributed by atoms with E-state index < -0.39 is 0 Å². The molecule has 0 amide bonds. The van der Waals surface area contributed by atoms with Gasteiger partial charge in [0.1, 0.15) is 5.01 Å². The standard InChI is InChI=1S/C13H17N3O3S/c1-16(2)13-14-12(20-15-13)8-6-7-9(17-3)11(19-5)10(8)18-4/h6-7H,1-5H3. The van der Waals surface area contributed by atoms with E-state index in [1.165, 1.54) is 11.5 Å². The molecule has 0 radical (unpaired) electrons. The van der Waals surface area contributed by atoms with E-state index in [2.05, 4.69) is 9.36 Å². The summed E-state index contributed by atoms with van der Waals surface area (Å²) in [5.41, 5.74) is 0.829. The number of hydrogen-bond donors (Lipinski definition) is 0. The van der Waals surface area contributed by atoms with Crippen molar-refractivity contribution in [2.24, 2.45) is 0 Å². The van der Waals surface area contributed by atoms with E-state index in [9.17, 15) is 0 Å². The summed E-state index contributed by atoms with van der Waals surface area (Å²) in [5.74, 6) is 2.43. The molecule has 0 aliphatic rings. The maximum atomic E-state index is 5.45. The molecule has 0 fully saturated rings. The molecule has 0 aliphatic carbocycles. The van der Waals surface area contributed by atoms with Crippen LogP contribution in [0.1, 0.15) is 0 Å². The molecule has 1 aromatic carbocycles. The van der Waals surface area contributed by atoms with Crippen LogP contribution in [0.3, 0.4) is 0 Å². The molecule has 1 heterocycles. The summed E-state index contributed by atoms with van der Waals surface area (Å²) >= 11 is 1.31. The van der Waals surface area contributed by atoms with Gasteiger partial charge in [0.25, 0.3) is 0 Å². The summed E-state index contributed by atoms with van der Waals surface area (Å²) < 4.78 is 20.4. The monoisotopic (exact) mass is 295 g/mol. The average molecular weight is 295 g/mol. The zero-order chi connectivity index (χ0) is 14.7. The molecule has 0 unspecified atom stereocenters. The molecule has 6 nitrogen and oxygen atoms in total. The van der Waals surface area contributed by atoms with E-state index in [-0.39, 0.29) is 0 Å². The van der Waals surface area contributed by atoms with E-state index in [4.69, 9.17) is 14.2 Å². The van der Waals surface area contributed by atoms with E-state index in [0.29, 0.717) is 23.2 Å². The minimum atomic E-state index is 0.550. The molecule has 2 rings (SSSR count). The lowest BCUT2D eigenvalue weighted by atomic mass is 10.2. The van der Waals surface area contributed by atoms with Crippen molar-refractivity contribution in [2.45, 2.75) is 0 Å². The summed E-state index contributed by atoms with van der Waals surface area (Å²) in [6.07, 6.45) is 0. The molecule has 1 aromatic heterocycles. The zero-order valence-corrected chi connectivity index (χ0v) is 12.9. The van der Waals surface area contributed by atoms with Crippen LogP contribution in [0.15, 0.2) is 12.1 Å². The third-order valence-electron chi connectivity index (χ3n) is 2.75. The van der Waals surface area contributed by atoms with Crippen LogP contribution in [0.4, 0.5) is 5.95 Å². The number of rotatable bonds is 5. The smallest absolute Gasteiger partial charge is 0.237 e. The fourth-order valence-corrected chi connectivity index (χ4v) is 2.53. The Morgan fingerprint density at radius 2 is 1.70 bits per heavy atom. The van der Waals surface area contributed by atoms with Crippen LogP contribution >= 0.6 is 11.5 Å². The first-order valence-electron chi connectivity index (χ1n) is 5.92. The predicted molar refractivity (Wildman–Crippen MR) is 79.3 cm³/mol. The molecule has 0 saturated heterocycles. The fourth-order valence-electron chi connectivity index (χ4n) is 1.78. The van der Waals surface area contributed by atoms with E-state index in [1.807, 2.05) is 31.1 Å². The maximum absolute atomic E-state index is 5.45. The second-order valence-electron chi connectivity index (χ2n) is 4.18. The molecule has 0 spiro atoms. The summed E-state index contributed by atoms with van der Waals surface area (Å²) in [5, 5.41) is 0.770. The summed E-state index contributed by atoms with van der Waals surface area (Å²) in [7, 11) is 8.56. The lowest BCUT2D eigenvalue weighted by Gasteiger charge is -2.14. The molecule has 108 valence electrons. The highest BCUT2D eigenvalue weighted by Gasteiger charge is 2.19. The van der Waals surface area contributed by atoms with Gasteiger partial charge in [-0.1, -0.05) is 0 Å². The molecular formula is C13H17N3O3S. The summed E-state index contributed by atoms with van der Waals surface area (Å²) in [6.45, 7) is 0. The molecule has 0 saturated carbocycles. The number of anilines is 1. The SMILES string of the molecule is COc1ccc(-c2nc(N(C)C)ns2)c(OC)c1OC. The zero-order valence-electron chi connectivity index (χ0n) is 12.1. The van der Waals surface area contributed by atoms with Gasteiger partial charge in [0.2, 0.25) is 11.7 Å². The van der Waals surface area contributed by atoms with Gasteiger partial charge in [-0.15, -0.1) is 0 Å². The van der Waals surface area contributed by atoms with Gasteiger partial charge in [-0.2, -0.15) is 9.36 Å². The Morgan fingerprint density at radius 1 is 1.00 bits per heavy atom. The van der Waals surface area contributed by atoms with Crippen LogP contribution in [-0.2, 0) is 0 Å². The first-order chi connectivity index (χ1) is 9.62. The predicted octanol–water partition coefficient (Wildman–Crippen LogP) is 2.30. The van der Waals surface area contributed by atoms with E-state index >= 15 is 0 Å². The number of ether oxygens (including phenoxy) is 3. The number of hydrogen-bond acceptors (Lipinski definition) is 7. The van der Waals surface area contributed by atoms with E-state index in [1.54, 1.807) is 21.3 Å². The van der Waals surface area contributed by atoms with Crippen molar-refractivity contribution < 1.29 is 14.2 Å².